The summed E-state index contributed by atoms with van der Waals surface area (Å²) < 4.78 is 11.7. The monoisotopic (exact) mass is 490 g/mol. The van der Waals surface area contributed by atoms with Gasteiger partial charge in [0.25, 0.3) is 0 Å². The first-order chi connectivity index (χ1) is 16.7. The topological polar surface area (TPSA) is 120 Å². The molecular weight excluding hydrogens is 448 g/mol. The van der Waals surface area contributed by atoms with Gasteiger partial charge in [0.1, 0.15) is 17.6 Å². The van der Waals surface area contributed by atoms with E-state index in [1.54, 1.807) is 6.07 Å². The fourth-order valence-electron chi connectivity index (χ4n) is 5.24. The summed E-state index contributed by atoms with van der Waals surface area (Å²) in [5, 5.41) is 51.6. The normalized spacial score (nSPS) is 31.2. The molecule has 0 saturated carbocycles. The van der Waals surface area contributed by atoms with Gasteiger partial charge >= 0.3 is 0 Å². The number of aliphatic hydroxyl groups is 4. The van der Waals surface area contributed by atoms with E-state index in [1.165, 1.54) is 5.57 Å². The minimum Gasteiger partial charge on any atom is -0.507 e. The molecule has 1 aromatic rings. The maximum absolute atomic E-state index is 11.2. The molecule has 3 rings (SSSR count). The maximum Gasteiger partial charge on any atom is 0.210 e. The van der Waals surface area contributed by atoms with Gasteiger partial charge < -0.3 is 35.0 Å². The molecule has 7 heteroatoms. The lowest BCUT2D eigenvalue weighted by Gasteiger charge is -2.40. The van der Waals surface area contributed by atoms with E-state index in [1.807, 2.05) is 13.0 Å². The molecule has 1 aromatic carbocycles. The summed E-state index contributed by atoms with van der Waals surface area (Å²) in [6.45, 7) is 9.89. The van der Waals surface area contributed by atoms with Crippen molar-refractivity contribution in [1.29, 1.82) is 0 Å². The molecule has 35 heavy (non-hydrogen) atoms. The van der Waals surface area contributed by atoms with Crippen LogP contribution in [-0.2, 0) is 11.2 Å². The Bertz CT molecular complexity index is 896. The molecule has 0 bridgehead atoms. The highest BCUT2D eigenvalue weighted by atomic mass is 16.7. The average molecular weight is 491 g/mol. The Morgan fingerprint density at radius 2 is 1.89 bits per heavy atom. The van der Waals surface area contributed by atoms with Crippen LogP contribution in [0.2, 0.25) is 0 Å². The predicted molar refractivity (Wildman–Crippen MR) is 134 cm³/mol. The van der Waals surface area contributed by atoms with E-state index in [9.17, 15) is 25.5 Å². The second-order valence-electron chi connectivity index (χ2n) is 10.2. The zero-order valence-electron chi connectivity index (χ0n) is 21.2. The third kappa shape index (κ3) is 6.46. The number of rotatable bonds is 10. The van der Waals surface area contributed by atoms with Crippen molar-refractivity contribution in [2.24, 2.45) is 11.8 Å². The Morgan fingerprint density at radius 3 is 2.54 bits per heavy atom. The molecule has 0 aromatic heterocycles. The van der Waals surface area contributed by atoms with E-state index in [0.29, 0.717) is 11.3 Å². The lowest BCUT2D eigenvalue weighted by atomic mass is 9.73. The standard InChI is InChI=1S/C28H42O7/c1-5-6-7-8-9-18-13-22(30)24(20-12-17(4)10-11-19(20)16(2)3)23(14-18)34-28-21(15-29)25(31)26(32)27(33)35-28/h12-14,19-21,25-33H,2,5-11,15H2,1,3-4H3/t19-,20+,21+,25+,26-,27-,28?/m0/s1. The molecule has 0 radical (unpaired) electrons. The van der Waals surface area contributed by atoms with Crippen LogP contribution in [0.3, 0.4) is 0 Å². The summed E-state index contributed by atoms with van der Waals surface area (Å²) in [4.78, 5) is 0. The van der Waals surface area contributed by atoms with Crippen molar-refractivity contribution in [2.45, 2.75) is 96.4 Å². The number of hydrogen-bond acceptors (Lipinski definition) is 7. The van der Waals surface area contributed by atoms with Crippen molar-refractivity contribution in [3.63, 3.8) is 0 Å². The number of unbranched alkanes of at least 4 members (excludes halogenated alkanes) is 3. The number of aryl methyl sites for hydroxylation is 1. The van der Waals surface area contributed by atoms with E-state index in [-0.39, 0.29) is 17.6 Å². The van der Waals surface area contributed by atoms with Gasteiger partial charge in [0, 0.05) is 11.5 Å². The van der Waals surface area contributed by atoms with Crippen LogP contribution in [0.15, 0.2) is 35.9 Å². The zero-order chi connectivity index (χ0) is 25.7. The number of ether oxygens (including phenoxy) is 2. The molecule has 0 amide bonds. The van der Waals surface area contributed by atoms with Gasteiger partial charge in [-0.2, -0.15) is 0 Å². The van der Waals surface area contributed by atoms with Gasteiger partial charge in [0.2, 0.25) is 6.29 Å². The fraction of sp³-hybridized carbons (Fsp3) is 0.643. The van der Waals surface area contributed by atoms with Crippen molar-refractivity contribution < 1.29 is 35.0 Å². The lowest BCUT2D eigenvalue weighted by Crippen LogP contribution is -2.57. The van der Waals surface area contributed by atoms with Gasteiger partial charge in [-0.05, 0) is 63.1 Å². The molecule has 1 heterocycles. The van der Waals surface area contributed by atoms with Crippen molar-refractivity contribution in [3.8, 4) is 11.5 Å². The number of allylic oxidation sites excluding steroid dienone is 3. The van der Waals surface area contributed by atoms with Gasteiger partial charge in [-0.25, -0.2) is 0 Å². The third-order valence-electron chi connectivity index (χ3n) is 7.37. The number of phenolic OH excluding ortho intramolecular Hbond substituents is 1. The molecule has 196 valence electrons. The second-order valence-corrected chi connectivity index (χ2v) is 10.2. The van der Waals surface area contributed by atoms with Crippen molar-refractivity contribution >= 4 is 0 Å². The van der Waals surface area contributed by atoms with Crippen LogP contribution in [0.25, 0.3) is 0 Å². The Kier molecular flexibility index (Phi) is 9.78. The molecule has 1 aliphatic heterocycles. The van der Waals surface area contributed by atoms with Crippen LogP contribution in [-0.4, -0.2) is 56.9 Å². The quantitative estimate of drug-likeness (QED) is 0.249. The summed E-state index contributed by atoms with van der Waals surface area (Å²) in [5.41, 5.74) is 3.75. The summed E-state index contributed by atoms with van der Waals surface area (Å²) in [7, 11) is 0. The van der Waals surface area contributed by atoms with Crippen LogP contribution >= 0.6 is 0 Å². The Hall–Kier alpha value is -1.90. The summed E-state index contributed by atoms with van der Waals surface area (Å²) >= 11 is 0. The zero-order valence-corrected chi connectivity index (χ0v) is 21.2. The summed E-state index contributed by atoms with van der Waals surface area (Å²) in [6, 6.07) is 3.68. The van der Waals surface area contributed by atoms with Crippen molar-refractivity contribution in [3.05, 3.63) is 47.1 Å². The van der Waals surface area contributed by atoms with E-state index in [4.69, 9.17) is 9.47 Å². The van der Waals surface area contributed by atoms with Crippen LogP contribution in [0.5, 0.6) is 11.5 Å². The van der Waals surface area contributed by atoms with Gasteiger partial charge in [-0.3, -0.25) is 0 Å². The van der Waals surface area contributed by atoms with E-state index in [0.717, 1.165) is 56.1 Å². The van der Waals surface area contributed by atoms with Gasteiger partial charge in [0.15, 0.2) is 6.29 Å². The van der Waals surface area contributed by atoms with Crippen molar-refractivity contribution in [1.82, 2.24) is 0 Å². The van der Waals surface area contributed by atoms with Crippen molar-refractivity contribution in [2.75, 3.05) is 6.61 Å². The highest BCUT2D eigenvalue weighted by Gasteiger charge is 2.45. The van der Waals surface area contributed by atoms with Crippen LogP contribution < -0.4 is 4.74 Å². The first-order valence-corrected chi connectivity index (χ1v) is 12.8. The van der Waals surface area contributed by atoms with Crippen LogP contribution in [0.1, 0.15) is 76.3 Å². The number of benzene rings is 1. The Labute approximate surface area is 208 Å². The maximum atomic E-state index is 11.2. The van der Waals surface area contributed by atoms with Gasteiger partial charge in [-0.1, -0.05) is 50.0 Å². The molecule has 2 aliphatic rings. The van der Waals surface area contributed by atoms with Gasteiger partial charge in [0.05, 0.1) is 18.6 Å². The molecule has 7 nitrogen and oxygen atoms in total. The first kappa shape index (κ1) is 27.7. The molecule has 5 N–H and O–H groups in total. The molecule has 1 unspecified atom stereocenters. The van der Waals surface area contributed by atoms with Crippen LogP contribution in [0, 0.1) is 11.8 Å². The number of hydrogen-bond donors (Lipinski definition) is 5. The molecule has 0 spiro atoms. The first-order valence-electron chi connectivity index (χ1n) is 12.8. The molecule has 1 saturated heterocycles. The third-order valence-corrected chi connectivity index (χ3v) is 7.37. The minimum atomic E-state index is -1.66. The highest BCUT2D eigenvalue weighted by molar-refractivity contribution is 5.52. The molecule has 1 aliphatic carbocycles. The SMILES string of the molecule is C=C(C)[C@@H]1CCC(C)=C[C@H]1c1c(O)cc(CCCCCC)cc1OC1O[C@H](O)[C@@H](O)[C@H](O)[C@H]1CO. The number of aliphatic hydroxyl groups excluding tert-OH is 4. The predicted octanol–water partition coefficient (Wildman–Crippen LogP) is 3.91. The number of phenols is 1. The van der Waals surface area contributed by atoms with E-state index < -0.39 is 37.3 Å². The largest absolute Gasteiger partial charge is 0.507 e. The average Bonchev–Trinajstić information content (AvgIpc) is 2.80. The minimum absolute atomic E-state index is 0.112. The Morgan fingerprint density at radius 1 is 1.14 bits per heavy atom. The molecule has 7 atom stereocenters. The molecule has 1 fully saturated rings. The van der Waals surface area contributed by atoms with Crippen LogP contribution in [0.4, 0.5) is 0 Å². The summed E-state index contributed by atoms with van der Waals surface area (Å²) in [6.07, 6.45) is 3.26. The fourth-order valence-corrected chi connectivity index (χ4v) is 5.24. The second kappa shape index (κ2) is 12.4. The summed E-state index contributed by atoms with van der Waals surface area (Å²) in [5.74, 6) is -0.523. The van der Waals surface area contributed by atoms with Gasteiger partial charge in [-0.15, -0.1) is 0 Å². The Balaban J connectivity index is 2.02. The van der Waals surface area contributed by atoms with E-state index in [2.05, 4.69) is 26.5 Å². The lowest BCUT2D eigenvalue weighted by molar-refractivity contribution is -0.312. The smallest absolute Gasteiger partial charge is 0.210 e. The highest BCUT2D eigenvalue weighted by Crippen LogP contribution is 2.47. The number of aromatic hydroxyl groups is 1. The van der Waals surface area contributed by atoms with E-state index >= 15 is 0 Å². The molecular formula is C28H42O7.